The Morgan fingerprint density at radius 1 is 0.893 bits per heavy atom. The van der Waals surface area contributed by atoms with Gasteiger partial charge in [0.1, 0.15) is 17.2 Å². The van der Waals surface area contributed by atoms with Crippen LogP contribution >= 0.6 is 0 Å². The largest absolute Gasteiger partial charge is 0.497 e. The number of urea groups is 1. The summed E-state index contributed by atoms with van der Waals surface area (Å²) in [5.74, 6) is 1.33. The van der Waals surface area contributed by atoms with Gasteiger partial charge < -0.3 is 24.8 Å². The predicted molar refractivity (Wildman–Crippen MR) is 101 cm³/mol. The number of methoxy groups -OCH3 is 2. The van der Waals surface area contributed by atoms with E-state index in [1.165, 1.54) is 12.1 Å². The number of carbonyl (C=O) groups is 1. The van der Waals surface area contributed by atoms with Crippen LogP contribution in [0.15, 0.2) is 42.5 Å². The third kappa shape index (κ3) is 5.73. The lowest BCUT2D eigenvalue weighted by Crippen LogP contribution is -2.38. The third-order valence-corrected chi connectivity index (χ3v) is 4.21. The SMILES string of the molecule is COc1ccc(C(C)NC(=O)NC(C)c2ccc(OC(F)F)cc2)c(OC)c1. The summed E-state index contributed by atoms with van der Waals surface area (Å²) in [5.41, 5.74) is 1.56. The average molecular weight is 394 g/mol. The van der Waals surface area contributed by atoms with E-state index in [9.17, 15) is 13.6 Å². The topological polar surface area (TPSA) is 68.8 Å². The minimum Gasteiger partial charge on any atom is -0.497 e. The van der Waals surface area contributed by atoms with Gasteiger partial charge in [0.05, 0.1) is 26.3 Å². The fraction of sp³-hybridized carbons (Fsp3) is 0.350. The van der Waals surface area contributed by atoms with Crippen LogP contribution in [0.5, 0.6) is 17.2 Å². The first-order valence-corrected chi connectivity index (χ1v) is 8.67. The van der Waals surface area contributed by atoms with Crippen molar-refractivity contribution in [2.24, 2.45) is 0 Å². The van der Waals surface area contributed by atoms with Crippen LogP contribution < -0.4 is 24.8 Å². The highest BCUT2D eigenvalue weighted by Crippen LogP contribution is 2.29. The first-order valence-electron chi connectivity index (χ1n) is 8.67. The van der Waals surface area contributed by atoms with Crippen LogP contribution in [0.1, 0.15) is 37.1 Å². The quantitative estimate of drug-likeness (QED) is 0.695. The minimum atomic E-state index is -2.87. The summed E-state index contributed by atoms with van der Waals surface area (Å²) in [6, 6.07) is 10.5. The van der Waals surface area contributed by atoms with Crippen molar-refractivity contribution in [3.8, 4) is 17.2 Å². The molecule has 0 radical (unpaired) electrons. The summed E-state index contributed by atoms with van der Waals surface area (Å²) in [6.07, 6.45) is 0. The second-order valence-electron chi connectivity index (χ2n) is 6.12. The molecule has 0 saturated heterocycles. The highest BCUT2D eigenvalue weighted by molar-refractivity contribution is 5.75. The van der Waals surface area contributed by atoms with Gasteiger partial charge in [-0.05, 0) is 43.7 Å². The Morgan fingerprint density at radius 2 is 1.50 bits per heavy atom. The van der Waals surface area contributed by atoms with Crippen molar-refractivity contribution in [2.75, 3.05) is 14.2 Å². The van der Waals surface area contributed by atoms with E-state index >= 15 is 0 Å². The highest BCUT2D eigenvalue weighted by Gasteiger charge is 2.17. The molecule has 0 heterocycles. The lowest BCUT2D eigenvalue weighted by atomic mass is 10.1. The van der Waals surface area contributed by atoms with E-state index in [1.807, 2.05) is 13.0 Å². The Balaban J connectivity index is 1.97. The van der Waals surface area contributed by atoms with Crippen LogP contribution in [0, 0.1) is 0 Å². The van der Waals surface area contributed by atoms with E-state index in [4.69, 9.17) is 9.47 Å². The maximum Gasteiger partial charge on any atom is 0.387 e. The Kier molecular flexibility index (Phi) is 7.43. The number of carbonyl (C=O) groups excluding carboxylic acids is 1. The number of rotatable bonds is 8. The van der Waals surface area contributed by atoms with Crippen molar-refractivity contribution in [1.82, 2.24) is 10.6 Å². The van der Waals surface area contributed by atoms with Crippen molar-refractivity contribution in [3.05, 3.63) is 53.6 Å². The maximum atomic E-state index is 12.3. The minimum absolute atomic E-state index is 0.0654. The Bertz CT molecular complexity index is 784. The normalized spacial score (nSPS) is 12.8. The van der Waals surface area contributed by atoms with Crippen LogP contribution in [-0.2, 0) is 0 Å². The molecule has 2 rings (SSSR count). The highest BCUT2D eigenvalue weighted by atomic mass is 19.3. The van der Waals surface area contributed by atoms with Gasteiger partial charge in [-0.15, -0.1) is 0 Å². The summed E-state index contributed by atoms with van der Waals surface area (Å²) in [5, 5.41) is 5.66. The van der Waals surface area contributed by atoms with Crippen molar-refractivity contribution >= 4 is 6.03 Å². The van der Waals surface area contributed by atoms with Gasteiger partial charge in [-0.25, -0.2) is 4.79 Å². The van der Waals surface area contributed by atoms with Gasteiger partial charge in [-0.2, -0.15) is 8.78 Å². The van der Waals surface area contributed by atoms with Gasteiger partial charge in [0.15, 0.2) is 0 Å². The van der Waals surface area contributed by atoms with E-state index in [2.05, 4.69) is 15.4 Å². The summed E-state index contributed by atoms with van der Waals surface area (Å²) < 4.78 is 39.3. The molecule has 8 heteroatoms. The maximum absolute atomic E-state index is 12.3. The molecule has 2 unspecified atom stereocenters. The van der Waals surface area contributed by atoms with E-state index in [1.54, 1.807) is 45.4 Å². The van der Waals surface area contributed by atoms with Crippen molar-refractivity contribution in [2.45, 2.75) is 32.5 Å². The molecule has 0 fully saturated rings. The second kappa shape index (κ2) is 9.77. The zero-order valence-corrected chi connectivity index (χ0v) is 16.2. The lowest BCUT2D eigenvalue weighted by molar-refractivity contribution is -0.0498. The van der Waals surface area contributed by atoms with E-state index in [0.29, 0.717) is 11.5 Å². The number of hydrogen-bond donors (Lipinski definition) is 2. The van der Waals surface area contributed by atoms with E-state index in [-0.39, 0.29) is 23.9 Å². The molecule has 0 aliphatic heterocycles. The summed E-state index contributed by atoms with van der Waals surface area (Å²) >= 11 is 0. The molecule has 0 spiro atoms. The number of benzene rings is 2. The molecule has 152 valence electrons. The molecule has 2 aromatic rings. The summed E-state index contributed by atoms with van der Waals surface area (Å²) in [6.45, 7) is 0.760. The van der Waals surface area contributed by atoms with Crippen molar-refractivity contribution in [3.63, 3.8) is 0 Å². The predicted octanol–water partition coefficient (Wildman–Crippen LogP) is 4.43. The monoisotopic (exact) mass is 394 g/mol. The molecule has 6 nitrogen and oxygen atoms in total. The number of amides is 2. The first kappa shape index (κ1) is 21.3. The van der Waals surface area contributed by atoms with Crippen LogP contribution in [0.3, 0.4) is 0 Å². The Labute approximate surface area is 162 Å². The number of alkyl halides is 2. The van der Waals surface area contributed by atoms with Crippen molar-refractivity contribution in [1.29, 1.82) is 0 Å². The lowest BCUT2D eigenvalue weighted by Gasteiger charge is -2.20. The molecular weight excluding hydrogens is 370 g/mol. The zero-order chi connectivity index (χ0) is 20.7. The van der Waals surface area contributed by atoms with E-state index < -0.39 is 6.61 Å². The molecule has 2 aromatic carbocycles. The fourth-order valence-electron chi connectivity index (χ4n) is 2.71. The molecule has 2 amide bonds. The molecule has 0 saturated carbocycles. The van der Waals surface area contributed by atoms with Gasteiger partial charge in [0.25, 0.3) is 0 Å². The van der Waals surface area contributed by atoms with Crippen LogP contribution in [0.4, 0.5) is 13.6 Å². The molecule has 2 N–H and O–H groups in total. The molecule has 0 aliphatic carbocycles. The number of hydrogen-bond acceptors (Lipinski definition) is 4. The van der Waals surface area contributed by atoms with Gasteiger partial charge in [-0.3, -0.25) is 0 Å². The van der Waals surface area contributed by atoms with Gasteiger partial charge in [0.2, 0.25) is 0 Å². The van der Waals surface area contributed by atoms with E-state index in [0.717, 1.165) is 11.1 Å². The molecule has 2 atom stereocenters. The van der Waals surface area contributed by atoms with Gasteiger partial charge in [0, 0.05) is 11.6 Å². The molecule has 0 aliphatic rings. The smallest absolute Gasteiger partial charge is 0.387 e. The first-order chi connectivity index (χ1) is 13.3. The molecule has 0 bridgehead atoms. The number of nitrogens with one attached hydrogen (secondary N) is 2. The number of ether oxygens (including phenoxy) is 3. The zero-order valence-electron chi connectivity index (χ0n) is 16.2. The Hall–Kier alpha value is -3.03. The summed E-state index contributed by atoms with van der Waals surface area (Å²) in [4.78, 5) is 12.3. The second-order valence-corrected chi connectivity index (χ2v) is 6.12. The molecular formula is C20H24F2N2O4. The Morgan fingerprint density at radius 3 is 2.07 bits per heavy atom. The molecule has 0 aromatic heterocycles. The van der Waals surface area contributed by atoms with Crippen LogP contribution in [0.2, 0.25) is 0 Å². The average Bonchev–Trinajstić information content (AvgIpc) is 2.67. The van der Waals surface area contributed by atoms with Crippen LogP contribution in [0.25, 0.3) is 0 Å². The summed E-state index contributed by atoms with van der Waals surface area (Å²) in [7, 11) is 3.12. The standard InChI is InChI=1S/C20H24F2N2O4/c1-12(14-5-7-15(8-6-14)28-19(21)22)23-20(25)24-13(2)17-10-9-16(26-3)11-18(17)27-4/h5-13,19H,1-4H3,(H2,23,24,25). The molecule has 28 heavy (non-hydrogen) atoms. The van der Waals surface area contributed by atoms with Crippen LogP contribution in [-0.4, -0.2) is 26.9 Å². The third-order valence-electron chi connectivity index (χ3n) is 4.21. The van der Waals surface area contributed by atoms with Gasteiger partial charge in [-0.1, -0.05) is 12.1 Å². The number of halogens is 2. The van der Waals surface area contributed by atoms with Gasteiger partial charge >= 0.3 is 12.6 Å². The van der Waals surface area contributed by atoms with Crippen molar-refractivity contribution < 1.29 is 27.8 Å². The fourth-order valence-corrected chi connectivity index (χ4v) is 2.71.